The third-order valence-electron chi connectivity index (χ3n) is 2.91. The lowest BCUT2D eigenvalue weighted by atomic mass is 10.1. The fourth-order valence-electron chi connectivity index (χ4n) is 1.84. The van der Waals surface area contributed by atoms with E-state index in [1.165, 1.54) is 0 Å². The monoisotopic (exact) mass is 287 g/mol. The van der Waals surface area contributed by atoms with Crippen LogP contribution in [0, 0.1) is 0 Å². The minimum atomic E-state index is -0.129. The normalized spacial score (nSPS) is 10.0. The van der Waals surface area contributed by atoms with Crippen LogP contribution < -0.4 is 14.8 Å². The minimum absolute atomic E-state index is 0.129. The fourth-order valence-corrected chi connectivity index (χ4v) is 1.84. The molecule has 0 aliphatic carbocycles. The van der Waals surface area contributed by atoms with Gasteiger partial charge in [0.25, 0.3) is 0 Å². The van der Waals surface area contributed by atoms with E-state index >= 15 is 0 Å². The van der Waals surface area contributed by atoms with Gasteiger partial charge in [0.05, 0.1) is 14.2 Å². The van der Waals surface area contributed by atoms with Gasteiger partial charge >= 0.3 is 0 Å². The van der Waals surface area contributed by atoms with Crippen molar-refractivity contribution in [2.24, 2.45) is 0 Å². The topological polar surface area (TPSA) is 73.3 Å². The van der Waals surface area contributed by atoms with Crippen LogP contribution in [0.3, 0.4) is 0 Å². The second-order valence-corrected chi connectivity index (χ2v) is 4.31. The Bertz CT molecular complexity index is 602. The van der Waals surface area contributed by atoms with E-state index in [0.29, 0.717) is 30.3 Å². The first-order valence-electron chi connectivity index (χ1n) is 6.50. The van der Waals surface area contributed by atoms with E-state index in [1.807, 2.05) is 18.2 Å². The first-order valence-corrected chi connectivity index (χ1v) is 6.50. The summed E-state index contributed by atoms with van der Waals surface area (Å²) in [7, 11) is 3.17. The molecule has 0 atom stereocenters. The van der Waals surface area contributed by atoms with E-state index < -0.39 is 0 Å². The lowest BCUT2D eigenvalue weighted by Crippen LogP contribution is -2.14. The van der Waals surface area contributed by atoms with Gasteiger partial charge in [-0.1, -0.05) is 6.07 Å². The van der Waals surface area contributed by atoms with E-state index in [2.05, 4.69) is 15.3 Å². The van der Waals surface area contributed by atoms with Gasteiger partial charge < -0.3 is 9.47 Å². The van der Waals surface area contributed by atoms with Crippen LogP contribution in [0.1, 0.15) is 12.0 Å². The molecule has 1 amide bonds. The van der Waals surface area contributed by atoms with Crippen LogP contribution in [0.2, 0.25) is 0 Å². The van der Waals surface area contributed by atoms with Gasteiger partial charge in [-0.2, -0.15) is 0 Å². The summed E-state index contributed by atoms with van der Waals surface area (Å²) in [6, 6.07) is 7.30. The maximum atomic E-state index is 11.8. The summed E-state index contributed by atoms with van der Waals surface area (Å²) in [5, 5.41) is 2.65. The molecule has 21 heavy (non-hydrogen) atoms. The molecular weight excluding hydrogens is 270 g/mol. The molecule has 110 valence electrons. The van der Waals surface area contributed by atoms with Crippen molar-refractivity contribution in [3.63, 3.8) is 0 Å². The molecule has 0 fully saturated rings. The molecule has 0 aliphatic rings. The summed E-state index contributed by atoms with van der Waals surface area (Å²) < 4.78 is 10.4. The molecule has 0 aliphatic heterocycles. The van der Waals surface area contributed by atoms with Gasteiger partial charge in [-0.05, 0) is 30.2 Å². The predicted molar refractivity (Wildman–Crippen MR) is 78.5 cm³/mol. The number of ether oxygens (including phenoxy) is 2. The average Bonchev–Trinajstić information content (AvgIpc) is 2.53. The minimum Gasteiger partial charge on any atom is -0.493 e. The van der Waals surface area contributed by atoms with E-state index in [1.54, 1.807) is 32.7 Å². The molecule has 0 spiro atoms. The third-order valence-corrected chi connectivity index (χ3v) is 2.91. The quantitative estimate of drug-likeness (QED) is 0.880. The largest absolute Gasteiger partial charge is 0.493 e. The number of hydrogen-bond acceptors (Lipinski definition) is 5. The van der Waals surface area contributed by atoms with Crippen molar-refractivity contribution in [3.05, 3.63) is 42.2 Å². The molecule has 1 N–H and O–H groups in total. The Morgan fingerprint density at radius 2 is 1.86 bits per heavy atom. The van der Waals surface area contributed by atoms with Crippen molar-refractivity contribution < 1.29 is 14.3 Å². The Kier molecular flexibility index (Phi) is 5.09. The molecule has 0 bridgehead atoms. The Morgan fingerprint density at radius 1 is 1.14 bits per heavy atom. The van der Waals surface area contributed by atoms with Crippen molar-refractivity contribution in [2.75, 3.05) is 19.5 Å². The molecular formula is C15H17N3O3. The molecule has 1 heterocycles. The van der Waals surface area contributed by atoms with Crippen LogP contribution >= 0.6 is 0 Å². The highest BCUT2D eigenvalue weighted by Crippen LogP contribution is 2.27. The van der Waals surface area contributed by atoms with Crippen LogP contribution in [0.15, 0.2) is 36.7 Å². The number of methoxy groups -OCH3 is 2. The molecule has 2 rings (SSSR count). The molecule has 0 radical (unpaired) electrons. The summed E-state index contributed by atoms with van der Waals surface area (Å²) in [4.78, 5) is 19.7. The molecule has 0 saturated carbocycles. The summed E-state index contributed by atoms with van der Waals surface area (Å²) in [6.45, 7) is 0. The van der Waals surface area contributed by atoms with Crippen LogP contribution in [-0.4, -0.2) is 30.1 Å². The number of nitrogens with one attached hydrogen (secondary N) is 1. The maximum absolute atomic E-state index is 11.8. The third kappa shape index (κ3) is 4.17. The zero-order valence-electron chi connectivity index (χ0n) is 12.0. The Morgan fingerprint density at radius 3 is 2.52 bits per heavy atom. The predicted octanol–water partition coefficient (Wildman–Crippen LogP) is 2.07. The number of benzene rings is 1. The van der Waals surface area contributed by atoms with E-state index in [-0.39, 0.29) is 5.91 Å². The SMILES string of the molecule is COc1ccc(CCC(=O)Nc2ncccn2)cc1OC. The van der Waals surface area contributed by atoms with Gasteiger partial charge in [0.15, 0.2) is 11.5 Å². The molecule has 1 aromatic carbocycles. The summed E-state index contributed by atoms with van der Waals surface area (Å²) in [5.41, 5.74) is 0.997. The number of rotatable bonds is 6. The standard InChI is InChI=1S/C15H17N3O3/c1-20-12-6-4-11(10-13(12)21-2)5-7-14(19)18-15-16-8-3-9-17-15/h3-4,6,8-10H,5,7H2,1-2H3,(H,16,17,18,19). The van der Waals surface area contributed by atoms with Crippen LogP contribution in [0.5, 0.6) is 11.5 Å². The highest BCUT2D eigenvalue weighted by atomic mass is 16.5. The molecule has 0 saturated heterocycles. The van der Waals surface area contributed by atoms with E-state index in [4.69, 9.17) is 9.47 Å². The number of carbonyl (C=O) groups excluding carboxylic acids is 1. The molecule has 6 heteroatoms. The lowest BCUT2D eigenvalue weighted by Gasteiger charge is -2.09. The molecule has 2 aromatic rings. The summed E-state index contributed by atoms with van der Waals surface area (Å²) in [6.07, 6.45) is 4.10. The number of carbonyl (C=O) groups is 1. The number of amides is 1. The van der Waals surface area contributed by atoms with Gasteiger partial charge in [0.1, 0.15) is 0 Å². The molecule has 6 nitrogen and oxygen atoms in total. The zero-order valence-corrected chi connectivity index (χ0v) is 12.0. The highest BCUT2D eigenvalue weighted by Gasteiger charge is 2.08. The van der Waals surface area contributed by atoms with E-state index in [9.17, 15) is 4.79 Å². The van der Waals surface area contributed by atoms with Crippen molar-refractivity contribution in [1.82, 2.24) is 9.97 Å². The van der Waals surface area contributed by atoms with E-state index in [0.717, 1.165) is 5.56 Å². The number of aryl methyl sites for hydroxylation is 1. The van der Waals surface area contributed by atoms with Crippen molar-refractivity contribution in [3.8, 4) is 11.5 Å². The van der Waals surface area contributed by atoms with Crippen LogP contribution in [0.25, 0.3) is 0 Å². The van der Waals surface area contributed by atoms with Gasteiger partial charge in [-0.3, -0.25) is 10.1 Å². The second kappa shape index (κ2) is 7.23. The van der Waals surface area contributed by atoms with Gasteiger partial charge in [0, 0.05) is 18.8 Å². The van der Waals surface area contributed by atoms with Crippen LogP contribution in [-0.2, 0) is 11.2 Å². The zero-order chi connectivity index (χ0) is 15.1. The first-order chi connectivity index (χ1) is 10.2. The van der Waals surface area contributed by atoms with Crippen molar-refractivity contribution in [1.29, 1.82) is 0 Å². The Labute approximate surface area is 123 Å². The summed E-state index contributed by atoms with van der Waals surface area (Å²) >= 11 is 0. The van der Waals surface area contributed by atoms with Crippen molar-refractivity contribution in [2.45, 2.75) is 12.8 Å². The van der Waals surface area contributed by atoms with Gasteiger partial charge in [-0.15, -0.1) is 0 Å². The number of hydrogen-bond donors (Lipinski definition) is 1. The second-order valence-electron chi connectivity index (χ2n) is 4.31. The Balaban J connectivity index is 1.92. The molecule has 1 aromatic heterocycles. The fraction of sp³-hybridized carbons (Fsp3) is 0.267. The smallest absolute Gasteiger partial charge is 0.229 e. The molecule has 0 unspecified atom stereocenters. The Hall–Kier alpha value is -2.63. The first kappa shape index (κ1) is 14.8. The summed E-state index contributed by atoms with van der Waals surface area (Å²) in [5.74, 6) is 1.51. The number of aromatic nitrogens is 2. The lowest BCUT2D eigenvalue weighted by molar-refractivity contribution is -0.116. The maximum Gasteiger partial charge on any atom is 0.229 e. The van der Waals surface area contributed by atoms with Gasteiger partial charge in [-0.25, -0.2) is 9.97 Å². The highest BCUT2D eigenvalue weighted by molar-refractivity contribution is 5.88. The van der Waals surface area contributed by atoms with Crippen molar-refractivity contribution >= 4 is 11.9 Å². The number of anilines is 1. The van der Waals surface area contributed by atoms with Crippen LogP contribution in [0.4, 0.5) is 5.95 Å². The average molecular weight is 287 g/mol. The number of nitrogens with zero attached hydrogens (tertiary/aromatic N) is 2. The van der Waals surface area contributed by atoms with Gasteiger partial charge in [0.2, 0.25) is 11.9 Å².